The molecule has 0 radical (unpaired) electrons. The Morgan fingerprint density at radius 3 is 1.75 bits per heavy atom. The smallest absolute Gasteiger partial charge is 0.0263 e. The summed E-state index contributed by atoms with van der Waals surface area (Å²) >= 11 is 0. The molecule has 1 atom stereocenters. The van der Waals surface area contributed by atoms with Crippen molar-refractivity contribution >= 4 is 8.58 Å². The summed E-state index contributed by atoms with van der Waals surface area (Å²) in [6.07, 6.45) is 8.45. The van der Waals surface area contributed by atoms with Gasteiger partial charge in [-0.15, -0.1) is 8.58 Å². The van der Waals surface area contributed by atoms with Crippen LogP contribution < -0.4 is 0 Å². The third-order valence-electron chi connectivity index (χ3n) is 2.86. The van der Waals surface area contributed by atoms with Gasteiger partial charge < -0.3 is 0 Å². The fraction of sp³-hybridized carbons (Fsp3) is 1.00. The van der Waals surface area contributed by atoms with Gasteiger partial charge in [-0.25, -0.2) is 0 Å². The van der Waals surface area contributed by atoms with E-state index < -0.39 is 0 Å². The molecule has 0 aromatic heterocycles. The minimum atomic E-state index is 0.705. The van der Waals surface area contributed by atoms with E-state index in [2.05, 4.69) is 27.4 Å². The first-order valence-electron chi connectivity index (χ1n) is 5.39. The van der Waals surface area contributed by atoms with Gasteiger partial charge in [-0.1, -0.05) is 40.0 Å². The maximum atomic E-state index is 2.37. The molecule has 0 aliphatic heterocycles. The molecule has 0 aromatic rings. The van der Waals surface area contributed by atoms with Crippen LogP contribution in [0.2, 0.25) is 0 Å². The lowest BCUT2D eigenvalue weighted by Gasteiger charge is -2.32. The molecule has 0 rings (SSSR count). The van der Waals surface area contributed by atoms with Crippen LogP contribution in [0, 0.1) is 5.41 Å². The van der Waals surface area contributed by atoms with Gasteiger partial charge in [0.1, 0.15) is 0 Å². The molecule has 0 fully saturated rings. The predicted molar refractivity (Wildman–Crippen MR) is 61.6 cm³/mol. The minimum Gasteiger partial charge on any atom is -0.125 e. The fourth-order valence-corrected chi connectivity index (χ4v) is 3.57. The van der Waals surface area contributed by atoms with Gasteiger partial charge in [-0.3, -0.25) is 0 Å². The zero-order valence-corrected chi connectivity index (χ0v) is 10.2. The van der Waals surface area contributed by atoms with E-state index in [9.17, 15) is 0 Å². The van der Waals surface area contributed by atoms with Crippen LogP contribution in [0.5, 0.6) is 0 Å². The number of hydrogen-bond acceptors (Lipinski definition) is 0. The number of rotatable bonds is 7. The average Bonchev–Trinajstić information content (AvgIpc) is 2.06. The van der Waals surface area contributed by atoms with Gasteiger partial charge >= 0.3 is 0 Å². The summed E-state index contributed by atoms with van der Waals surface area (Å²) in [5, 5.41) is 0. The van der Waals surface area contributed by atoms with Crippen molar-refractivity contribution in [2.75, 3.05) is 12.8 Å². The van der Waals surface area contributed by atoms with E-state index in [0.29, 0.717) is 5.41 Å². The molecule has 0 bridgehead atoms. The normalized spacial score (nSPS) is 13.0. The summed E-state index contributed by atoms with van der Waals surface area (Å²) in [7, 11) is 1.14. The molecule has 0 aromatic carbocycles. The van der Waals surface area contributed by atoms with Gasteiger partial charge in [-0.05, 0) is 31.1 Å². The standard InChI is InChI=1S/C11H25P/c1-5-8-11(7-3,9-6-2)10-12-4/h12H,5-10H2,1-4H3. The summed E-state index contributed by atoms with van der Waals surface area (Å²) in [5.41, 5.74) is 0.705. The fourth-order valence-electron chi connectivity index (χ4n) is 2.22. The lowest BCUT2D eigenvalue weighted by Crippen LogP contribution is -2.21. The maximum Gasteiger partial charge on any atom is -0.0263 e. The molecule has 74 valence electrons. The van der Waals surface area contributed by atoms with Crippen molar-refractivity contribution in [2.24, 2.45) is 5.41 Å². The first kappa shape index (κ1) is 12.4. The van der Waals surface area contributed by atoms with Crippen LogP contribution in [-0.2, 0) is 0 Å². The highest BCUT2D eigenvalue weighted by Gasteiger charge is 2.24. The molecule has 0 heterocycles. The van der Waals surface area contributed by atoms with Crippen LogP contribution in [0.4, 0.5) is 0 Å². The highest BCUT2D eigenvalue weighted by Crippen LogP contribution is 2.37. The SMILES string of the molecule is CCCC(CC)(CCC)CPC. The summed E-state index contributed by atoms with van der Waals surface area (Å²) < 4.78 is 0. The van der Waals surface area contributed by atoms with Crippen LogP contribution in [0.3, 0.4) is 0 Å². The van der Waals surface area contributed by atoms with Crippen molar-refractivity contribution in [1.82, 2.24) is 0 Å². The van der Waals surface area contributed by atoms with Crippen molar-refractivity contribution in [2.45, 2.75) is 52.9 Å². The predicted octanol–water partition coefficient (Wildman–Crippen LogP) is 4.29. The highest BCUT2D eigenvalue weighted by molar-refractivity contribution is 7.37. The van der Waals surface area contributed by atoms with Crippen molar-refractivity contribution in [3.63, 3.8) is 0 Å². The molecule has 0 nitrogen and oxygen atoms in total. The maximum absolute atomic E-state index is 2.37. The average molecular weight is 188 g/mol. The van der Waals surface area contributed by atoms with Crippen LogP contribution in [0.25, 0.3) is 0 Å². The monoisotopic (exact) mass is 188 g/mol. The van der Waals surface area contributed by atoms with Crippen LogP contribution in [-0.4, -0.2) is 12.8 Å². The van der Waals surface area contributed by atoms with Gasteiger partial charge in [0, 0.05) is 0 Å². The molecule has 12 heavy (non-hydrogen) atoms. The molecular formula is C11H25P. The van der Waals surface area contributed by atoms with E-state index in [4.69, 9.17) is 0 Å². The van der Waals surface area contributed by atoms with E-state index in [1.807, 2.05) is 0 Å². The second-order valence-corrected chi connectivity index (χ2v) is 4.94. The lowest BCUT2D eigenvalue weighted by molar-refractivity contribution is 0.262. The lowest BCUT2D eigenvalue weighted by atomic mass is 9.79. The second-order valence-electron chi connectivity index (χ2n) is 3.88. The molecule has 0 N–H and O–H groups in total. The molecule has 1 unspecified atom stereocenters. The summed E-state index contributed by atoms with van der Waals surface area (Å²) in [6.45, 7) is 9.35. The zero-order chi connectivity index (χ0) is 9.45. The molecule has 0 aliphatic carbocycles. The van der Waals surface area contributed by atoms with Crippen molar-refractivity contribution in [3.8, 4) is 0 Å². The van der Waals surface area contributed by atoms with Crippen LogP contribution >= 0.6 is 8.58 Å². The Balaban J connectivity index is 4.06. The topological polar surface area (TPSA) is 0 Å². The molecule has 0 saturated heterocycles. The van der Waals surface area contributed by atoms with Gasteiger partial charge in [-0.2, -0.15) is 0 Å². The second kappa shape index (κ2) is 6.89. The van der Waals surface area contributed by atoms with Crippen LogP contribution in [0.15, 0.2) is 0 Å². The summed E-state index contributed by atoms with van der Waals surface area (Å²) in [5.74, 6) is 0. The largest absolute Gasteiger partial charge is 0.125 e. The number of hydrogen-bond donors (Lipinski definition) is 0. The Morgan fingerprint density at radius 2 is 1.50 bits per heavy atom. The Kier molecular flexibility index (Phi) is 7.14. The summed E-state index contributed by atoms with van der Waals surface area (Å²) in [6, 6.07) is 0. The van der Waals surface area contributed by atoms with E-state index >= 15 is 0 Å². The molecule has 0 spiro atoms. The quantitative estimate of drug-likeness (QED) is 0.523. The third-order valence-corrected chi connectivity index (χ3v) is 3.97. The van der Waals surface area contributed by atoms with Gasteiger partial charge in [0.25, 0.3) is 0 Å². The van der Waals surface area contributed by atoms with E-state index in [1.54, 1.807) is 0 Å². The molecule has 1 heteroatoms. The third kappa shape index (κ3) is 3.90. The Labute approximate surface area is 80.3 Å². The Morgan fingerprint density at radius 1 is 1.00 bits per heavy atom. The van der Waals surface area contributed by atoms with Gasteiger partial charge in [0.15, 0.2) is 0 Å². The molecular weight excluding hydrogens is 163 g/mol. The minimum absolute atomic E-state index is 0.705. The van der Waals surface area contributed by atoms with E-state index in [0.717, 1.165) is 8.58 Å². The Hall–Kier alpha value is 0.430. The van der Waals surface area contributed by atoms with Crippen molar-refractivity contribution in [1.29, 1.82) is 0 Å². The van der Waals surface area contributed by atoms with Gasteiger partial charge in [0.05, 0.1) is 0 Å². The van der Waals surface area contributed by atoms with Crippen molar-refractivity contribution in [3.05, 3.63) is 0 Å². The van der Waals surface area contributed by atoms with E-state index in [1.165, 1.54) is 38.3 Å². The van der Waals surface area contributed by atoms with Crippen molar-refractivity contribution < 1.29 is 0 Å². The zero-order valence-electron chi connectivity index (χ0n) is 9.24. The summed E-state index contributed by atoms with van der Waals surface area (Å²) in [4.78, 5) is 0. The van der Waals surface area contributed by atoms with Crippen LogP contribution in [0.1, 0.15) is 52.9 Å². The molecule has 0 amide bonds. The Bertz CT molecular complexity index is 82.2. The molecule has 0 aliphatic rings. The van der Waals surface area contributed by atoms with E-state index in [-0.39, 0.29) is 0 Å². The highest BCUT2D eigenvalue weighted by atomic mass is 31.1. The first-order chi connectivity index (χ1) is 5.74. The van der Waals surface area contributed by atoms with Gasteiger partial charge in [0.2, 0.25) is 0 Å². The molecule has 0 saturated carbocycles. The first-order valence-corrected chi connectivity index (χ1v) is 7.10.